The maximum Gasteiger partial charge on any atom is 0.322 e. The van der Waals surface area contributed by atoms with Crippen LogP contribution in [-0.2, 0) is 4.79 Å². The van der Waals surface area contributed by atoms with Crippen LogP contribution >= 0.6 is 11.6 Å². The van der Waals surface area contributed by atoms with Gasteiger partial charge in [0.25, 0.3) is 0 Å². The van der Waals surface area contributed by atoms with Crippen molar-refractivity contribution in [3.63, 3.8) is 0 Å². The fourth-order valence-electron chi connectivity index (χ4n) is 2.21. The normalized spacial score (nSPS) is 18.4. The van der Waals surface area contributed by atoms with E-state index in [4.69, 9.17) is 16.7 Å². The summed E-state index contributed by atoms with van der Waals surface area (Å²) in [5, 5.41) is 11.0. The molecule has 114 valence electrons. The SMILES string of the molecule is O=C(O)C1CCCN(C(=O)Nc2c(F)cc(Cl)cc2F)C1. The molecular weight excluding hydrogens is 306 g/mol. The topological polar surface area (TPSA) is 69.6 Å². The number of piperidine rings is 1. The third-order valence-corrected chi connectivity index (χ3v) is 3.51. The minimum atomic E-state index is -0.989. The predicted molar refractivity (Wildman–Crippen MR) is 72.3 cm³/mol. The monoisotopic (exact) mass is 318 g/mol. The Hall–Kier alpha value is -1.89. The zero-order valence-electron chi connectivity index (χ0n) is 10.9. The van der Waals surface area contributed by atoms with Gasteiger partial charge in [0.15, 0.2) is 11.6 Å². The molecule has 1 heterocycles. The molecule has 1 fully saturated rings. The number of amides is 2. The Morgan fingerprint density at radius 1 is 1.33 bits per heavy atom. The molecule has 1 atom stereocenters. The van der Waals surface area contributed by atoms with Crippen LogP contribution in [0.4, 0.5) is 19.3 Å². The van der Waals surface area contributed by atoms with E-state index in [2.05, 4.69) is 5.32 Å². The summed E-state index contributed by atoms with van der Waals surface area (Å²) < 4.78 is 27.2. The first-order valence-electron chi connectivity index (χ1n) is 6.31. The first-order valence-corrected chi connectivity index (χ1v) is 6.69. The van der Waals surface area contributed by atoms with E-state index in [-0.39, 0.29) is 11.6 Å². The Kier molecular flexibility index (Phi) is 4.62. The number of carbonyl (C=O) groups excluding carboxylic acids is 1. The van der Waals surface area contributed by atoms with Crippen molar-refractivity contribution in [3.05, 3.63) is 28.8 Å². The molecule has 0 saturated carbocycles. The minimum Gasteiger partial charge on any atom is -0.481 e. The molecule has 2 N–H and O–H groups in total. The lowest BCUT2D eigenvalue weighted by Crippen LogP contribution is -2.44. The highest BCUT2D eigenvalue weighted by atomic mass is 35.5. The number of urea groups is 1. The van der Waals surface area contributed by atoms with Crippen LogP contribution in [0.5, 0.6) is 0 Å². The number of carbonyl (C=O) groups is 2. The van der Waals surface area contributed by atoms with Crippen LogP contribution in [0, 0.1) is 17.6 Å². The molecule has 1 aliphatic rings. The molecule has 2 amide bonds. The number of halogens is 3. The van der Waals surface area contributed by atoms with E-state index in [1.165, 1.54) is 4.90 Å². The molecular formula is C13H13ClF2N2O3. The first-order chi connectivity index (χ1) is 9.88. The second-order valence-electron chi connectivity index (χ2n) is 4.80. The van der Waals surface area contributed by atoms with Crippen molar-refractivity contribution >= 4 is 29.3 Å². The summed E-state index contributed by atoms with van der Waals surface area (Å²) in [6, 6.07) is 1.04. The average Bonchev–Trinajstić information content (AvgIpc) is 2.42. The number of hydrogen-bond donors (Lipinski definition) is 2. The van der Waals surface area contributed by atoms with Gasteiger partial charge in [-0.2, -0.15) is 0 Å². The fraction of sp³-hybridized carbons (Fsp3) is 0.385. The summed E-state index contributed by atoms with van der Waals surface area (Å²) in [7, 11) is 0. The maximum atomic E-state index is 13.6. The van der Waals surface area contributed by atoms with Gasteiger partial charge in [-0.25, -0.2) is 13.6 Å². The lowest BCUT2D eigenvalue weighted by Gasteiger charge is -2.30. The molecule has 2 rings (SSSR count). The molecule has 1 aromatic rings. The van der Waals surface area contributed by atoms with Crippen molar-refractivity contribution in [2.45, 2.75) is 12.8 Å². The van der Waals surface area contributed by atoms with Crippen molar-refractivity contribution < 1.29 is 23.5 Å². The summed E-state index contributed by atoms with van der Waals surface area (Å²) in [5.74, 6) is -3.62. The summed E-state index contributed by atoms with van der Waals surface area (Å²) in [6.07, 6.45) is 0.999. The van der Waals surface area contributed by atoms with Gasteiger partial charge in [-0.15, -0.1) is 0 Å². The molecule has 5 nitrogen and oxygen atoms in total. The Bertz CT molecular complexity index is 560. The van der Waals surface area contributed by atoms with E-state index in [0.717, 1.165) is 12.1 Å². The summed E-state index contributed by atoms with van der Waals surface area (Å²) in [6.45, 7) is 0.352. The number of nitrogens with zero attached hydrogens (tertiary/aromatic N) is 1. The Balaban J connectivity index is 2.10. The molecule has 1 aliphatic heterocycles. The second kappa shape index (κ2) is 6.26. The highest BCUT2D eigenvalue weighted by Crippen LogP contribution is 2.24. The van der Waals surface area contributed by atoms with Gasteiger partial charge in [0, 0.05) is 18.1 Å². The van der Waals surface area contributed by atoms with E-state index >= 15 is 0 Å². The molecule has 0 bridgehead atoms. The number of carboxylic acid groups (broad SMARTS) is 1. The van der Waals surface area contributed by atoms with Gasteiger partial charge in [0.1, 0.15) is 5.69 Å². The maximum absolute atomic E-state index is 13.6. The largest absolute Gasteiger partial charge is 0.481 e. The van der Waals surface area contributed by atoms with Gasteiger partial charge in [-0.1, -0.05) is 11.6 Å². The predicted octanol–water partition coefficient (Wildman–Crippen LogP) is 2.95. The zero-order chi connectivity index (χ0) is 15.6. The van der Waals surface area contributed by atoms with Crippen LogP contribution in [0.1, 0.15) is 12.8 Å². The molecule has 0 aromatic heterocycles. The minimum absolute atomic E-state index is 0.0119. The van der Waals surface area contributed by atoms with E-state index in [0.29, 0.717) is 19.4 Å². The number of anilines is 1. The van der Waals surface area contributed by atoms with Gasteiger partial charge < -0.3 is 15.3 Å². The number of rotatable bonds is 2. The average molecular weight is 319 g/mol. The highest BCUT2D eigenvalue weighted by molar-refractivity contribution is 6.30. The number of aliphatic carboxylic acids is 1. The number of hydrogen-bond acceptors (Lipinski definition) is 2. The van der Waals surface area contributed by atoms with Crippen LogP contribution in [0.25, 0.3) is 0 Å². The molecule has 1 unspecified atom stereocenters. The molecule has 21 heavy (non-hydrogen) atoms. The van der Waals surface area contributed by atoms with Crippen molar-refractivity contribution in [3.8, 4) is 0 Å². The third-order valence-electron chi connectivity index (χ3n) is 3.30. The lowest BCUT2D eigenvalue weighted by atomic mass is 9.99. The van der Waals surface area contributed by atoms with E-state index < -0.39 is 35.2 Å². The van der Waals surface area contributed by atoms with Crippen LogP contribution in [0.2, 0.25) is 5.02 Å². The molecule has 1 saturated heterocycles. The fourth-order valence-corrected chi connectivity index (χ4v) is 2.40. The first kappa shape index (κ1) is 15.5. The Labute approximate surface area is 124 Å². The van der Waals surface area contributed by atoms with Crippen LogP contribution < -0.4 is 5.32 Å². The van der Waals surface area contributed by atoms with E-state index in [1.54, 1.807) is 0 Å². The Morgan fingerprint density at radius 3 is 2.52 bits per heavy atom. The van der Waals surface area contributed by atoms with Gasteiger partial charge in [-0.05, 0) is 25.0 Å². The quantitative estimate of drug-likeness (QED) is 0.881. The van der Waals surface area contributed by atoms with Gasteiger partial charge in [0.2, 0.25) is 0 Å². The van der Waals surface area contributed by atoms with Crippen LogP contribution in [0.15, 0.2) is 12.1 Å². The van der Waals surface area contributed by atoms with Gasteiger partial charge in [0.05, 0.1) is 5.92 Å². The molecule has 0 radical (unpaired) electrons. The summed E-state index contributed by atoms with van der Waals surface area (Å²) in [5.41, 5.74) is -0.596. The van der Waals surface area contributed by atoms with E-state index in [9.17, 15) is 18.4 Å². The number of carboxylic acids is 1. The lowest BCUT2D eigenvalue weighted by molar-refractivity contribution is -0.143. The highest BCUT2D eigenvalue weighted by Gasteiger charge is 2.28. The van der Waals surface area contributed by atoms with Gasteiger partial charge in [-0.3, -0.25) is 4.79 Å². The van der Waals surface area contributed by atoms with Crippen molar-refractivity contribution in [2.75, 3.05) is 18.4 Å². The zero-order valence-corrected chi connectivity index (χ0v) is 11.7. The number of benzene rings is 1. The molecule has 0 aliphatic carbocycles. The second-order valence-corrected chi connectivity index (χ2v) is 5.23. The molecule has 8 heteroatoms. The van der Waals surface area contributed by atoms with Crippen LogP contribution in [0.3, 0.4) is 0 Å². The van der Waals surface area contributed by atoms with Crippen LogP contribution in [-0.4, -0.2) is 35.1 Å². The molecule has 1 aromatic carbocycles. The van der Waals surface area contributed by atoms with Crippen molar-refractivity contribution in [1.29, 1.82) is 0 Å². The number of likely N-dealkylation sites (tertiary alicyclic amines) is 1. The number of nitrogens with one attached hydrogen (secondary N) is 1. The van der Waals surface area contributed by atoms with E-state index in [1.807, 2.05) is 0 Å². The molecule has 0 spiro atoms. The smallest absolute Gasteiger partial charge is 0.322 e. The Morgan fingerprint density at radius 2 is 1.95 bits per heavy atom. The van der Waals surface area contributed by atoms with Gasteiger partial charge >= 0.3 is 12.0 Å². The summed E-state index contributed by atoms with van der Waals surface area (Å²) >= 11 is 5.49. The third kappa shape index (κ3) is 3.60. The van der Waals surface area contributed by atoms with Crippen molar-refractivity contribution in [2.24, 2.45) is 5.92 Å². The summed E-state index contributed by atoms with van der Waals surface area (Å²) in [4.78, 5) is 24.1. The van der Waals surface area contributed by atoms with Crippen molar-refractivity contribution in [1.82, 2.24) is 4.90 Å². The standard InChI is InChI=1S/C13H13ClF2N2O3/c14-8-4-9(15)11(10(16)5-8)17-13(21)18-3-1-2-7(6-18)12(19)20/h4-5,7H,1-3,6H2,(H,17,21)(H,19,20).